The van der Waals surface area contributed by atoms with Crippen molar-refractivity contribution in [2.75, 3.05) is 9.80 Å². The quantitative estimate of drug-likeness (QED) is 0.0791. The Balaban J connectivity index is 0.795. The van der Waals surface area contributed by atoms with Crippen molar-refractivity contribution in [3.8, 4) is 0 Å². The minimum Gasteiger partial charge on any atom is -0.310 e. The van der Waals surface area contributed by atoms with E-state index in [4.69, 9.17) is 0 Å². The van der Waals surface area contributed by atoms with Crippen LogP contribution in [0.25, 0.3) is 75.4 Å². The molecule has 0 aliphatic heterocycles. The Hall–Kier alpha value is -9.24. The van der Waals surface area contributed by atoms with Crippen LogP contribution >= 0.6 is 0 Å². The maximum absolute atomic E-state index is 2.46. The lowest BCUT2D eigenvalue weighted by Crippen LogP contribution is -2.11. The summed E-state index contributed by atoms with van der Waals surface area (Å²) in [5, 5.41) is 18.3. The third-order valence-corrected chi connectivity index (χ3v) is 16.6. The first-order valence-electron chi connectivity index (χ1n) is 27.9. The third-order valence-electron chi connectivity index (χ3n) is 16.6. The molecular weight excluding hydrogens is 941 g/mol. The molecule has 0 aliphatic carbocycles. The molecule has 2 heteroatoms. The Morgan fingerprint density at radius 1 is 0.256 bits per heavy atom. The molecule has 0 N–H and O–H groups in total. The summed E-state index contributed by atoms with van der Waals surface area (Å²) in [5.41, 5.74) is 15.0. The highest BCUT2D eigenvalue weighted by Gasteiger charge is 2.22. The average molecular weight is 1000 g/mol. The second kappa shape index (κ2) is 20.0. The number of fused-ring (bicyclic) bond motifs is 4. The van der Waals surface area contributed by atoms with Gasteiger partial charge < -0.3 is 9.80 Å². The van der Waals surface area contributed by atoms with Crippen LogP contribution in [-0.4, -0.2) is 0 Å². The van der Waals surface area contributed by atoms with E-state index in [0.29, 0.717) is 0 Å². The molecule has 0 radical (unpaired) electrons. The van der Waals surface area contributed by atoms with Gasteiger partial charge in [0.2, 0.25) is 0 Å². The van der Waals surface area contributed by atoms with Crippen molar-refractivity contribution in [3.05, 3.63) is 288 Å². The van der Waals surface area contributed by atoms with Gasteiger partial charge in [0.15, 0.2) is 0 Å². The molecule has 78 heavy (non-hydrogen) atoms. The summed E-state index contributed by atoms with van der Waals surface area (Å²) >= 11 is 0. The molecule has 0 heterocycles. The summed E-state index contributed by atoms with van der Waals surface area (Å²) < 4.78 is 0. The lowest BCUT2D eigenvalue weighted by Gasteiger charge is -2.29. The second-order valence-electron chi connectivity index (χ2n) is 21.6. The zero-order valence-electron chi connectivity index (χ0n) is 44.4. The van der Waals surface area contributed by atoms with E-state index in [1.165, 1.54) is 120 Å². The highest BCUT2D eigenvalue weighted by Crippen LogP contribution is 2.48. The van der Waals surface area contributed by atoms with Gasteiger partial charge in [-0.2, -0.15) is 0 Å². The van der Waals surface area contributed by atoms with Crippen LogP contribution in [0.3, 0.4) is 0 Å². The zero-order chi connectivity index (χ0) is 52.1. The number of hydrogen-bond acceptors (Lipinski definition) is 2. The van der Waals surface area contributed by atoms with Crippen LogP contribution in [0.4, 0.5) is 34.1 Å². The summed E-state index contributed by atoms with van der Waals surface area (Å²) in [5.74, 6) is 0. The topological polar surface area (TPSA) is 6.48 Å². The third kappa shape index (κ3) is 8.64. The predicted octanol–water partition coefficient (Wildman–Crippen LogP) is 21.1. The van der Waals surface area contributed by atoms with Crippen LogP contribution in [0.1, 0.15) is 46.2 Å². The molecule has 0 saturated carbocycles. The smallest absolute Gasteiger partial charge is 0.0540 e. The largest absolute Gasteiger partial charge is 0.310 e. The molecule has 14 aromatic carbocycles. The van der Waals surface area contributed by atoms with Gasteiger partial charge in [-0.1, -0.05) is 193 Å². The Kier molecular flexibility index (Phi) is 12.1. The van der Waals surface area contributed by atoms with Crippen LogP contribution in [0.5, 0.6) is 0 Å². The SMILES string of the molecule is Cc1ccc(N(c2ccc(CCCc3c4ccccc4cc4ccccc34)cc2)c2ccc3ccc4c(N(c5ccc(C)cc5)c5ccc(CCCc6c7ccccc7cc7ccccc67)cc5)ccc5ccc2c3c54)cc1. The minimum atomic E-state index is 1.01. The number of hydrogen-bond donors (Lipinski definition) is 0. The number of rotatable bonds is 14. The highest BCUT2D eigenvalue weighted by molar-refractivity contribution is 6.28. The van der Waals surface area contributed by atoms with E-state index >= 15 is 0 Å². The summed E-state index contributed by atoms with van der Waals surface area (Å²) in [7, 11) is 0. The molecule has 0 unspecified atom stereocenters. The maximum atomic E-state index is 2.46. The van der Waals surface area contributed by atoms with Gasteiger partial charge in [0, 0.05) is 33.5 Å². The van der Waals surface area contributed by atoms with Crippen molar-refractivity contribution in [2.24, 2.45) is 0 Å². The first kappa shape index (κ1) is 47.2. The molecule has 0 saturated heterocycles. The molecule has 0 atom stereocenters. The fourth-order valence-corrected chi connectivity index (χ4v) is 12.7. The molecule has 14 aromatic rings. The molecule has 0 spiro atoms. The fourth-order valence-electron chi connectivity index (χ4n) is 12.7. The van der Waals surface area contributed by atoms with Gasteiger partial charge in [0.25, 0.3) is 0 Å². The van der Waals surface area contributed by atoms with Gasteiger partial charge in [-0.3, -0.25) is 0 Å². The van der Waals surface area contributed by atoms with E-state index in [1.54, 1.807) is 0 Å². The lowest BCUT2D eigenvalue weighted by atomic mass is 9.91. The van der Waals surface area contributed by atoms with Crippen molar-refractivity contribution in [2.45, 2.75) is 52.4 Å². The van der Waals surface area contributed by atoms with Gasteiger partial charge in [-0.25, -0.2) is 0 Å². The van der Waals surface area contributed by atoms with Crippen LogP contribution in [0.2, 0.25) is 0 Å². The van der Waals surface area contributed by atoms with Crippen LogP contribution in [0.15, 0.2) is 255 Å². The van der Waals surface area contributed by atoms with Crippen LogP contribution in [-0.2, 0) is 25.7 Å². The molecule has 0 aliphatic rings. The van der Waals surface area contributed by atoms with E-state index in [0.717, 1.165) is 61.3 Å². The Labute approximate surface area is 457 Å². The number of anilines is 6. The molecular formula is C76H60N2. The van der Waals surface area contributed by atoms with Gasteiger partial charge in [0.05, 0.1) is 11.4 Å². The molecule has 14 rings (SSSR count). The molecule has 374 valence electrons. The van der Waals surface area contributed by atoms with E-state index in [9.17, 15) is 0 Å². The molecule has 2 nitrogen and oxygen atoms in total. The minimum absolute atomic E-state index is 1.01. The zero-order valence-corrected chi connectivity index (χ0v) is 44.4. The van der Waals surface area contributed by atoms with Gasteiger partial charge in [-0.05, 0) is 212 Å². The van der Waals surface area contributed by atoms with Crippen molar-refractivity contribution < 1.29 is 0 Å². The first-order valence-corrected chi connectivity index (χ1v) is 27.9. The fraction of sp³-hybridized carbons (Fsp3) is 0.105. The van der Waals surface area contributed by atoms with Crippen molar-refractivity contribution >= 4 is 110 Å². The van der Waals surface area contributed by atoms with Crippen molar-refractivity contribution in [1.29, 1.82) is 0 Å². The number of benzene rings is 14. The summed E-state index contributed by atoms with van der Waals surface area (Å²) in [6, 6.07) is 95.5. The average Bonchev–Trinajstić information content (AvgIpc) is 3.57. The Morgan fingerprint density at radius 2 is 0.564 bits per heavy atom. The van der Waals surface area contributed by atoms with Crippen LogP contribution < -0.4 is 9.80 Å². The molecule has 0 fully saturated rings. The first-order chi connectivity index (χ1) is 38.5. The lowest BCUT2D eigenvalue weighted by molar-refractivity contribution is 0.829. The van der Waals surface area contributed by atoms with Crippen molar-refractivity contribution in [3.63, 3.8) is 0 Å². The van der Waals surface area contributed by atoms with Gasteiger partial charge >= 0.3 is 0 Å². The van der Waals surface area contributed by atoms with Crippen LogP contribution in [0, 0.1) is 13.8 Å². The standard InChI is InChI=1S/C76H60N2/c1-51-25-37-61(38-26-51)77(63-41-29-53(30-42-63)13-11-23-69-65-19-7-3-15-57(65)49-58-16-4-8-20-66(58)69)73-47-35-55-34-46-72-74(48-36-56-33-45-71(73)75(55)76(56)72)78(62-39-27-52(2)28-40-62)64-43-31-54(32-44-64)14-12-24-70-67-21-9-5-17-59(67)50-60-18-6-10-22-68(60)70/h3-10,15-22,25-50H,11-14,23-24H2,1-2H3. The van der Waals surface area contributed by atoms with E-state index in [2.05, 4.69) is 278 Å². The van der Waals surface area contributed by atoms with Gasteiger partial charge in [0.1, 0.15) is 0 Å². The van der Waals surface area contributed by atoms with E-state index in [1.807, 2.05) is 0 Å². The molecule has 0 bridgehead atoms. The maximum Gasteiger partial charge on any atom is 0.0540 e. The van der Waals surface area contributed by atoms with Crippen molar-refractivity contribution in [1.82, 2.24) is 0 Å². The summed E-state index contributed by atoms with van der Waals surface area (Å²) in [6.45, 7) is 4.34. The molecule has 0 amide bonds. The van der Waals surface area contributed by atoms with E-state index < -0.39 is 0 Å². The predicted molar refractivity (Wildman–Crippen MR) is 336 cm³/mol. The molecule has 0 aromatic heterocycles. The second-order valence-corrected chi connectivity index (χ2v) is 21.6. The monoisotopic (exact) mass is 1000 g/mol. The Bertz CT molecular complexity index is 4100. The Morgan fingerprint density at radius 3 is 0.910 bits per heavy atom. The van der Waals surface area contributed by atoms with E-state index in [-0.39, 0.29) is 0 Å². The number of nitrogens with zero attached hydrogens (tertiary/aromatic N) is 2. The normalized spacial score (nSPS) is 11.8. The highest BCUT2D eigenvalue weighted by atomic mass is 15.1. The number of aryl methyl sites for hydroxylation is 6. The summed E-state index contributed by atoms with van der Waals surface area (Å²) in [6.07, 6.45) is 6.24. The summed E-state index contributed by atoms with van der Waals surface area (Å²) in [4.78, 5) is 4.92. The van der Waals surface area contributed by atoms with Gasteiger partial charge in [-0.15, -0.1) is 0 Å².